The van der Waals surface area contributed by atoms with Gasteiger partial charge in [0.2, 0.25) is 0 Å². The van der Waals surface area contributed by atoms with E-state index in [1.54, 1.807) is 26.0 Å². The predicted octanol–water partition coefficient (Wildman–Crippen LogP) is 0.185. The molecule has 0 saturated heterocycles. The van der Waals surface area contributed by atoms with E-state index in [0.717, 1.165) is 0 Å². The summed E-state index contributed by atoms with van der Waals surface area (Å²) in [6.45, 7) is 3.09. The number of rotatable bonds is 6. The third-order valence-electron chi connectivity index (χ3n) is 3.83. The molecule has 2 atom stereocenters. The highest BCUT2D eigenvalue weighted by Crippen LogP contribution is 2.18. The Bertz CT molecular complexity index is 826. The lowest BCUT2D eigenvalue weighted by Gasteiger charge is -2.31. The zero-order chi connectivity index (χ0) is 20.4. The number of carbonyl (C=O) groups is 2. The Morgan fingerprint density at radius 2 is 1.85 bits per heavy atom. The van der Waals surface area contributed by atoms with Gasteiger partial charge in [0.1, 0.15) is 6.04 Å². The van der Waals surface area contributed by atoms with Crippen LogP contribution < -0.4 is 10.8 Å². The van der Waals surface area contributed by atoms with E-state index in [4.69, 9.17) is 10.3 Å². The van der Waals surface area contributed by atoms with E-state index in [0.29, 0.717) is 12.0 Å². The van der Waals surface area contributed by atoms with Crippen LogP contribution in [0.5, 0.6) is 0 Å². The number of aliphatic hydroxyl groups excluding tert-OH is 1. The van der Waals surface area contributed by atoms with Gasteiger partial charge in [0.05, 0.1) is 11.4 Å². The second kappa shape index (κ2) is 10.5. The van der Waals surface area contributed by atoms with Crippen molar-refractivity contribution in [1.82, 2.24) is 10.8 Å². The fourth-order valence-electron chi connectivity index (χ4n) is 1.97. The van der Waals surface area contributed by atoms with Gasteiger partial charge in [-0.05, 0) is 50.0 Å². The van der Waals surface area contributed by atoms with Crippen LogP contribution in [0.15, 0.2) is 24.3 Å². The molecular formula is C19H22N2O5S. The molecule has 1 unspecified atom stereocenters. The minimum Gasteiger partial charge on any atom is -0.395 e. The van der Waals surface area contributed by atoms with E-state index in [1.807, 2.05) is 0 Å². The van der Waals surface area contributed by atoms with Crippen molar-refractivity contribution in [3.63, 3.8) is 0 Å². The Balaban J connectivity index is 2.93. The maximum atomic E-state index is 12.4. The van der Waals surface area contributed by atoms with Crippen molar-refractivity contribution in [2.45, 2.75) is 31.1 Å². The highest BCUT2D eigenvalue weighted by molar-refractivity contribution is 7.85. The van der Waals surface area contributed by atoms with Gasteiger partial charge in [-0.3, -0.25) is 19.0 Å². The molecule has 8 heteroatoms. The molecule has 0 aliphatic heterocycles. The Labute approximate surface area is 161 Å². The number of benzene rings is 1. The summed E-state index contributed by atoms with van der Waals surface area (Å²) >= 11 is 0. The van der Waals surface area contributed by atoms with Gasteiger partial charge in [-0.1, -0.05) is 11.8 Å². The van der Waals surface area contributed by atoms with Crippen LogP contribution >= 0.6 is 0 Å². The van der Waals surface area contributed by atoms with Crippen LogP contribution in [0.25, 0.3) is 0 Å². The van der Waals surface area contributed by atoms with Crippen LogP contribution in [0, 0.1) is 23.7 Å². The van der Waals surface area contributed by atoms with Crippen LogP contribution in [0.2, 0.25) is 0 Å². The van der Waals surface area contributed by atoms with Crippen LogP contribution in [-0.2, 0) is 15.6 Å². The normalized spacial score (nSPS) is 12.5. The Hall–Kier alpha value is -2.65. The molecule has 0 aromatic heterocycles. The Kier molecular flexibility index (Phi) is 8.70. The lowest BCUT2D eigenvalue weighted by Crippen LogP contribution is -2.58. The summed E-state index contributed by atoms with van der Waals surface area (Å²) in [5, 5.41) is 20.0. The summed E-state index contributed by atoms with van der Waals surface area (Å²) in [5.74, 6) is 9.30. The highest BCUT2D eigenvalue weighted by atomic mass is 32.2. The summed E-state index contributed by atoms with van der Waals surface area (Å²) < 4.78 is 10.8. The molecule has 27 heavy (non-hydrogen) atoms. The van der Waals surface area contributed by atoms with Crippen molar-refractivity contribution in [3.05, 3.63) is 35.4 Å². The second-order valence-corrected chi connectivity index (χ2v) is 8.00. The van der Waals surface area contributed by atoms with Gasteiger partial charge in [-0.25, -0.2) is 5.48 Å². The average Bonchev–Trinajstić information content (AvgIpc) is 2.65. The molecule has 0 saturated carbocycles. The Morgan fingerprint density at radius 1 is 1.22 bits per heavy atom. The summed E-state index contributed by atoms with van der Waals surface area (Å²) in [6.07, 6.45) is 1.77. The average molecular weight is 390 g/mol. The van der Waals surface area contributed by atoms with E-state index in [1.165, 1.54) is 23.9 Å². The smallest absolute Gasteiger partial charge is 0.267 e. The number of nitrogens with one attached hydrogen (secondary N) is 2. The third kappa shape index (κ3) is 6.54. The van der Waals surface area contributed by atoms with Gasteiger partial charge in [0, 0.05) is 34.6 Å². The maximum Gasteiger partial charge on any atom is 0.267 e. The second-order valence-electron chi connectivity index (χ2n) is 6.04. The third-order valence-corrected chi connectivity index (χ3v) is 5.54. The molecule has 2 amide bonds. The number of hydroxylamine groups is 1. The first kappa shape index (κ1) is 22.4. The standard InChI is InChI=1S/C19H22N2O5S/c1-19(2,27(3)26)16(18(24)21-25)20-17(23)15-11-9-14(10-12-15)8-6-4-5-7-13-22/h9-12,16,22,25H,7,13H2,1-3H3,(H,20,23)(H,21,24)/t16-,27?/m1/s1. The molecule has 0 aliphatic carbocycles. The van der Waals surface area contributed by atoms with Crippen molar-refractivity contribution >= 4 is 22.6 Å². The van der Waals surface area contributed by atoms with E-state index in [2.05, 4.69) is 29.0 Å². The fraction of sp³-hybridized carbons (Fsp3) is 0.368. The van der Waals surface area contributed by atoms with Crippen LogP contribution in [0.3, 0.4) is 0 Å². The monoisotopic (exact) mass is 390 g/mol. The van der Waals surface area contributed by atoms with Gasteiger partial charge < -0.3 is 10.4 Å². The molecule has 4 N–H and O–H groups in total. The molecule has 1 rings (SSSR count). The molecule has 7 nitrogen and oxygen atoms in total. The quantitative estimate of drug-likeness (QED) is 0.314. The van der Waals surface area contributed by atoms with Gasteiger partial charge in [-0.2, -0.15) is 0 Å². The summed E-state index contributed by atoms with van der Waals surface area (Å²) in [5.41, 5.74) is 2.42. The van der Waals surface area contributed by atoms with Gasteiger partial charge in [-0.15, -0.1) is 0 Å². The van der Waals surface area contributed by atoms with Crippen molar-refractivity contribution in [2.24, 2.45) is 0 Å². The SMILES string of the molecule is CS(=O)C(C)(C)[C@H](NC(=O)c1ccc(C#CC#CCCO)cc1)C(=O)NO. The number of aliphatic hydroxyl groups is 1. The zero-order valence-corrected chi connectivity index (χ0v) is 16.1. The molecular weight excluding hydrogens is 368 g/mol. The summed E-state index contributed by atoms with van der Waals surface area (Å²) in [7, 11) is -1.44. The molecule has 1 aromatic carbocycles. The lowest BCUT2D eigenvalue weighted by atomic mass is 10.0. The lowest BCUT2D eigenvalue weighted by molar-refractivity contribution is -0.131. The van der Waals surface area contributed by atoms with Crippen LogP contribution in [-0.4, -0.2) is 50.0 Å². The first-order chi connectivity index (χ1) is 12.7. The molecule has 0 fully saturated rings. The summed E-state index contributed by atoms with van der Waals surface area (Å²) in [4.78, 5) is 24.4. The zero-order valence-electron chi connectivity index (χ0n) is 15.3. The Morgan fingerprint density at radius 3 is 2.37 bits per heavy atom. The van der Waals surface area contributed by atoms with Crippen molar-refractivity contribution < 1.29 is 24.1 Å². The first-order valence-electron chi connectivity index (χ1n) is 8.02. The van der Waals surface area contributed by atoms with Crippen molar-refractivity contribution in [3.8, 4) is 23.7 Å². The van der Waals surface area contributed by atoms with Crippen LogP contribution in [0.1, 0.15) is 36.2 Å². The largest absolute Gasteiger partial charge is 0.395 e. The van der Waals surface area contributed by atoms with E-state index in [9.17, 15) is 13.8 Å². The van der Waals surface area contributed by atoms with Crippen LogP contribution in [0.4, 0.5) is 0 Å². The molecule has 0 spiro atoms. The molecule has 0 aliphatic rings. The highest BCUT2D eigenvalue weighted by Gasteiger charge is 2.39. The topological polar surface area (TPSA) is 116 Å². The van der Waals surface area contributed by atoms with E-state index in [-0.39, 0.29) is 12.2 Å². The number of hydrogen-bond acceptors (Lipinski definition) is 5. The van der Waals surface area contributed by atoms with Gasteiger partial charge >= 0.3 is 0 Å². The number of carbonyl (C=O) groups excluding carboxylic acids is 2. The minimum atomic E-state index is -1.44. The van der Waals surface area contributed by atoms with Crippen molar-refractivity contribution in [2.75, 3.05) is 12.9 Å². The summed E-state index contributed by atoms with van der Waals surface area (Å²) in [6, 6.07) is 5.12. The maximum absolute atomic E-state index is 12.4. The van der Waals surface area contributed by atoms with E-state index >= 15 is 0 Å². The van der Waals surface area contributed by atoms with E-state index < -0.39 is 33.4 Å². The molecule has 1 aromatic rings. The fourth-order valence-corrected chi connectivity index (χ4v) is 2.47. The molecule has 0 heterocycles. The number of amides is 2. The molecule has 0 bridgehead atoms. The molecule has 144 valence electrons. The van der Waals surface area contributed by atoms with Gasteiger partial charge in [0.25, 0.3) is 11.8 Å². The first-order valence-corrected chi connectivity index (χ1v) is 9.58. The van der Waals surface area contributed by atoms with Gasteiger partial charge in [0.15, 0.2) is 0 Å². The van der Waals surface area contributed by atoms with Crippen molar-refractivity contribution in [1.29, 1.82) is 0 Å². The molecule has 0 radical (unpaired) electrons. The predicted molar refractivity (Wildman–Crippen MR) is 102 cm³/mol. The minimum absolute atomic E-state index is 0.0176. The number of hydrogen-bond donors (Lipinski definition) is 4.